The summed E-state index contributed by atoms with van der Waals surface area (Å²) in [5.41, 5.74) is 14.7. The van der Waals surface area contributed by atoms with Gasteiger partial charge in [-0.2, -0.15) is 0 Å². The summed E-state index contributed by atoms with van der Waals surface area (Å²) in [7, 11) is 3.22. The third-order valence-corrected chi connectivity index (χ3v) is 3.41. The maximum Gasteiger partial charge on any atom is 0.166 e. The van der Waals surface area contributed by atoms with Gasteiger partial charge in [-0.25, -0.2) is 9.97 Å². The van der Waals surface area contributed by atoms with Crippen molar-refractivity contribution in [3.05, 3.63) is 36.4 Å². The zero-order valence-corrected chi connectivity index (χ0v) is 12.3. The molecule has 2 aromatic carbocycles. The third-order valence-electron chi connectivity index (χ3n) is 3.41. The van der Waals surface area contributed by atoms with E-state index in [-0.39, 0.29) is 11.6 Å². The second-order valence-corrected chi connectivity index (χ2v) is 4.77. The van der Waals surface area contributed by atoms with E-state index in [0.717, 1.165) is 11.1 Å². The lowest BCUT2D eigenvalue weighted by Crippen LogP contribution is -2.02. The second-order valence-electron chi connectivity index (χ2n) is 4.77. The molecule has 0 fully saturated rings. The predicted molar refractivity (Wildman–Crippen MR) is 86.9 cm³/mol. The summed E-state index contributed by atoms with van der Waals surface area (Å²) < 4.78 is 10.6. The first-order valence-corrected chi connectivity index (χ1v) is 6.67. The van der Waals surface area contributed by atoms with Crippen LogP contribution in [0.2, 0.25) is 0 Å². The zero-order chi connectivity index (χ0) is 15.7. The molecule has 6 nitrogen and oxygen atoms in total. The van der Waals surface area contributed by atoms with Crippen molar-refractivity contribution in [1.29, 1.82) is 0 Å². The van der Waals surface area contributed by atoms with E-state index in [1.807, 2.05) is 36.4 Å². The number of fused-ring (bicyclic) bond motifs is 1. The van der Waals surface area contributed by atoms with Crippen LogP contribution in [0.4, 0.5) is 11.6 Å². The van der Waals surface area contributed by atoms with Gasteiger partial charge in [0.1, 0.15) is 11.5 Å². The summed E-state index contributed by atoms with van der Waals surface area (Å²) >= 11 is 0. The molecule has 0 atom stereocenters. The van der Waals surface area contributed by atoms with Crippen LogP contribution in [0, 0.1) is 0 Å². The maximum absolute atomic E-state index is 5.80. The molecule has 1 aromatic heterocycles. The van der Waals surface area contributed by atoms with E-state index in [9.17, 15) is 0 Å². The number of rotatable bonds is 3. The highest BCUT2D eigenvalue weighted by Gasteiger charge is 2.11. The molecule has 1 heterocycles. The number of methoxy groups -OCH3 is 2. The fraction of sp³-hybridized carbons (Fsp3) is 0.125. The summed E-state index contributed by atoms with van der Waals surface area (Å²) in [6, 6.07) is 11.3. The van der Waals surface area contributed by atoms with Gasteiger partial charge >= 0.3 is 0 Å². The van der Waals surface area contributed by atoms with Crippen molar-refractivity contribution in [2.45, 2.75) is 0 Å². The highest BCUT2D eigenvalue weighted by Crippen LogP contribution is 2.33. The Morgan fingerprint density at radius 1 is 0.864 bits per heavy atom. The molecule has 112 valence electrons. The Bertz CT molecular complexity index is 827. The first kappa shape index (κ1) is 13.9. The number of anilines is 2. The van der Waals surface area contributed by atoms with Crippen molar-refractivity contribution in [3.63, 3.8) is 0 Å². The Morgan fingerprint density at radius 3 is 2.14 bits per heavy atom. The van der Waals surface area contributed by atoms with Crippen molar-refractivity contribution >= 4 is 22.7 Å². The lowest BCUT2D eigenvalue weighted by Gasteiger charge is -2.11. The van der Waals surface area contributed by atoms with Crippen LogP contribution in [-0.4, -0.2) is 24.2 Å². The topological polar surface area (TPSA) is 96.3 Å². The first-order valence-electron chi connectivity index (χ1n) is 6.67. The Kier molecular flexibility index (Phi) is 3.42. The molecule has 3 rings (SSSR count). The number of nitrogens with two attached hydrogens (primary N) is 2. The maximum atomic E-state index is 5.80. The van der Waals surface area contributed by atoms with E-state index < -0.39 is 0 Å². The van der Waals surface area contributed by atoms with Gasteiger partial charge in [-0.05, 0) is 23.8 Å². The molecule has 3 aromatic rings. The van der Waals surface area contributed by atoms with E-state index in [0.29, 0.717) is 22.5 Å². The van der Waals surface area contributed by atoms with Crippen LogP contribution in [0.25, 0.3) is 22.2 Å². The summed E-state index contributed by atoms with van der Waals surface area (Å²) in [5.74, 6) is 1.84. The fourth-order valence-electron chi connectivity index (χ4n) is 2.30. The largest absolute Gasteiger partial charge is 0.497 e. The quantitative estimate of drug-likeness (QED) is 0.770. The minimum Gasteiger partial charge on any atom is -0.497 e. The van der Waals surface area contributed by atoms with Crippen LogP contribution in [-0.2, 0) is 0 Å². The molecule has 0 saturated heterocycles. The Labute approximate surface area is 127 Å². The smallest absolute Gasteiger partial charge is 0.166 e. The summed E-state index contributed by atoms with van der Waals surface area (Å²) in [4.78, 5) is 8.65. The molecule has 0 bridgehead atoms. The van der Waals surface area contributed by atoms with Gasteiger partial charge in [0.15, 0.2) is 11.6 Å². The Hall–Kier alpha value is -3.02. The highest BCUT2D eigenvalue weighted by molar-refractivity contribution is 5.93. The number of hydrogen-bond acceptors (Lipinski definition) is 6. The van der Waals surface area contributed by atoms with Gasteiger partial charge < -0.3 is 20.9 Å². The summed E-state index contributed by atoms with van der Waals surface area (Å²) in [6.07, 6.45) is 0. The number of nitrogens with zero attached hydrogens (tertiary/aromatic N) is 2. The molecule has 0 amide bonds. The van der Waals surface area contributed by atoms with Crippen LogP contribution in [0.1, 0.15) is 0 Å². The molecule has 0 aliphatic carbocycles. The summed E-state index contributed by atoms with van der Waals surface area (Å²) in [5, 5.41) is 0. The van der Waals surface area contributed by atoms with Gasteiger partial charge in [0.2, 0.25) is 0 Å². The van der Waals surface area contributed by atoms with Crippen LogP contribution < -0.4 is 20.9 Å². The van der Waals surface area contributed by atoms with Crippen molar-refractivity contribution in [2.24, 2.45) is 0 Å². The van der Waals surface area contributed by atoms with E-state index in [1.54, 1.807) is 14.2 Å². The number of aromatic nitrogens is 2. The van der Waals surface area contributed by atoms with Crippen molar-refractivity contribution in [3.8, 4) is 22.6 Å². The summed E-state index contributed by atoms with van der Waals surface area (Å²) in [6.45, 7) is 0. The van der Waals surface area contributed by atoms with Gasteiger partial charge in [0, 0.05) is 11.6 Å². The second kappa shape index (κ2) is 5.40. The van der Waals surface area contributed by atoms with E-state index in [1.165, 1.54) is 0 Å². The number of nitrogen functional groups attached to an aromatic ring is 2. The minimum absolute atomic E-state index is 0.217. The first-order chi connectivity index (χ1) is 10.6. The van der Waals surface area contributed by atoms with Gasteiger partial charge in [-0.1, -0.05) is 12.1 Å². The number of benzene rings is 2. The molecule has 0 unspecified atom stereocenters. The highest BCUT2D eigenvalue weighted by atomic mass is 16.5. The van der Waals surface area contributed by atoms with E-state index >= 15 is 0 Å². The lowest BCUT2D eigenvalue weighted by atomic mass is 10.0. The van der Waals surface area contributed by atoms with Gasteiger partial charge in [0.05, 0.1) is 25.3 Å². The van der Waals surface area contributed by atoms with Crippen molar-refractivity contribution in [2.75, 3.05) is 25.7 Å². The van der Waals surface area contributed by atoms with E-state index in [2.05, 4.69) is 9.97 Å². The zero-order valence-electron chi connectivity index (χ0n) is 12.3. The van der Waals surface area contributed by atoms with Crippen LogP contribution in [0.5, 0.6) is 11.5 Å². The molecule has 0 aliphatic heterocycles. The van der Waals surface area contributed by atoms with Crippen LogP contribution >= 0.6 is 0 Å². The molecule has 6 heteroatoms. The van der Waals surface area contributed by atoms with Crippen LogP contribution in [0.15, 0.2) is 36.4 Å². The average molecular weight is 296 g/mol. The number of ether oxygens (including phenoxy) is 2. The van der Waals surface area contributed by atoms with E-state index in [4.69, 9.17) is 20.9 Å². The average Bonchev–Trinajstić information content (AvgIpc) is 2.54. The molecule has 22 heavy (non-hydrogen) atoms. The monoisotopic (exact) mass is 296 g/mol. The van der Waals surface area contributed by atoms with Gasteiger partial charge in [-0.3, -0.25) is 0 Å². The fourth-order valence-corrected chi connectivity index (χ4v) is 2.30. The molecule has 0 radical (unpaired) electrons. The third kappa shape index (κ3) is 2.35. The normalized spacial score (nSPS) is 10.6. The Morgan fingerprint density at radius 2 is 1.50 bits per heavy atom. The molecule has 0 aliphatic rings. The molecule has 0 saturated carbocycles. The minimum atomic E-state index is 0.217. The molecular weight excluding hydrogens is 280 g/mol. The molecule has 0 spiro atoms. The van der Waals surface area contributed by atoms with Crippen molar-refractivity contribution < 1.29 is 9.47 Å². The SMILES string of the molecule is COc1cc(OC)cc(-c2cccc3nc(N)c(N)nc23)c1. The molecule has 4 N–H and O–H groups in total. The van der Waals surface area contributed by atoms with Crippen LogP contribution in [0.3, 0.4) is 0 Å². The van der Waals surface area contributed by atoms with Gasteiger partial charge in [-0.15, -0.1) is 0 Å². The predicted octanol–water partition coefficient (Wildman–Crippen LogP) is 2.48. The Balaban J connectivity index is 2.28. The molecular formula is C16H16N4O2. The lowest BCUT2D eigenvalue weighted by molar-refractivity contribution is 0.394. The standard InChI is InChI=1S/C16H16N4O2/c1-21-10-6-9(7-11(8-10)22-2)12-4-3-5-13-14(12)20-16(18)15(17)19-13/h3-8H,1-2H3,(H2,17,19)(H2,18,20). The number of hydrogen-bond donors (Lipinski definition) is 2. The number of para-hydroxylation sites is 1. The van der Waals surface area contributed by atoms with Crippen molar-refractivity contribution in [1.82, 2.24) is 9.97 Å². The van der Waals surface area contributed by atoms with Gasteiger partial charge in [0.25, 0.3) is 0 Å².